The van der Waals surface area contributed by atoms with Gasteiger partial charge in [0.05, 0.1) is 18.0 Å². The van der Waals surface area contributed by atoms with Crippen molar-refractivity contribution in [1.82, 2.24) is 9.62 Å². The van der Waals surface area contributed by atoms with Crippen LogP contribution in [-0.2, 0) is 19.6 Å². The Labute approximate surface area is 153 Å². The van der Waals surface area contributed by atoms with E-state index in [2.05, 4.69) is 5.32 Å². The van der Waals surface area contributed by atoms with Crippen LogP contribution >= 0.6 is 0 Å². The SMILES string of the molecule is C[C@@H]1CN(S(=O)(=O)CCNC(=O)[C@@H]2C[C@H]2c2ccc(F)cc2)C[C@@H](C)O1. The molecule has 1 aliphatic carbocycles. The first kappa shape index (κ1) is 19.3. The van der Waals surface area contributed by atoms with Gasteiger partial charge < -0.3 is 10.1 Å². The normalized spacial score (nSPS) is 29.3. The largest absolute Gasteiger partial charge is 0.373 e. The van der Waals surface area contributed by atoms with Crippen molar-refractivity contribution in [2.24, 2.45) is 5.92 Å². The minimum Gasteiger partial charge on any atom is -0.373 e. The van der Waals surface area contributed by atoms with Gasteiger partial charge in [-0.25, -0.2) is 12.8 Å². The molecular formula is C18H25FN2O4S. The highest BCUT2D eigenvalue weighted by molar-refractivity contribution is 7.89. The first-order valence-electron chi connectivity index (χ1n) is 8.92. The van der Waals surface area contributed by atoms with Crippen molar-refractivity contribution in [3.8, 4) is 0 Å². The van der Waals surface area contributed by atoms with Crippen LogP contribution in [0.15, 0.2) is 24.3 Å². The molecule has 144 valence electrons. The number of nitrogens with zero attached hydrogens (tertiary/aromatic N) is 1. The van der Waals surface area contributed by atoms with Crippen LogP contribution in [-0.4, -0.2) is 56.2 Å². The van der Waals surface area contributed by atoms with E-state index in [-0.39, 0.29) is 48.1 Å². The molecule has 3 rings (SSSR count). The van der Waals surface area contributed by atoms with E-state index >= 15 is 0 Å². The number of rotatable bonds is 6. The molecule has 1 saturated carbocycles. The molecule has 0 unspecified atom stereocenters. The highest BCUT2D eigenvalue weighted by atomic mass is 32.2. The van der Waals surface area contributed by atoms with Crippen LogP contribution in [0.3, 0.4) is 0 Å². The highest BCUT2D eigenvalue weighted by Gasteiger charge is 2.43. The Morgan fingerprint density at radius 2 is 1.85 bits per heavy atom. The summed E-state index contributed by atoms with van der Waals surface area (Å²) in [7, 11) is -3.42. The van der Waals surface area contributed by atoms with E-state index in [1.165, 1.54) is 16.4 Å². The van der Waals surface area contributed by atoms with Gasteiger partial charge in [0.25, 0.3) is 0 Å². The molecule has 1 amide bonds. The van der Waals surface area contributed by atoms with Gasteiger partial charge in [0, 0.05) is 25.6 Å². The molecule has 2 fully saturated rings. The average molecular weight is 384 g/mol. The Bertz CT molecular complexity index is 743. The van der Waals surface area contributed by atoms with E-state index < -0.39 is 10.0 Å². The van der Waals surface area contributed by atoms with Gasteiger partial charge in [0.1, 0.15) is 5.82 Å². The van der Waals surface area contributed by atoms with Crippen LogP contribution in [0.25, 0.3) is 0 Å². The lowest BCUT2D eigenvalue weighted by molar-refractivity contribution is -0.122. The third kappa shape index (κ3) is 4.61. The molecule has 4 atom stereocenters. The number of amides is 1. The number of halogens is 1. The molecule has 0 spiro atoms. The van der Waals surface area contributed by atoms with Crippen molar-refractivity contribution in [2.45, 2.75) is 38.4 Å². The first-order chi connectivity index (χ1) is 12.3. The van der Waals surface area contributed by atoms with Crippen molar-refractivity contribution >= 4 is 15.9 Å². The molecule has 2 aliphatic rings. The standard InChI is InChI=1S/C18H25FN2O4S/c1-12-10-21(11-13(2)25-12)26(23,24)8-7-20-18(22)17-9-16(17)14-3-5-15(19)6-4-14/h3-6,12-13,16-17H,7-11H2,1-2H3,(H,20,22)/t12-,13-,16+,17-/m1/s1. The zero-order valence-electron chi connectivity index (χ0n) is 15.0. The second-order valence-electron chi connectivity index (χ2n) is 7.18. The smallest absolute Gasteiger partial charge is 0.223 e. The second-order valence-corrected chi connectivity index (χ2v) is 9.27. The number of hydrogen-bond donors (Lipinski definition) is 1. The van der Waals surface area contributed by atoms with Gasteiger partial charge in [0.15, 0.2) is 0 Å². The summed E-state index contributed by atoms with van der Waals surface area (Å²) in [5, 5.41) is 2.72. The summed E-state index contributed by atoms with van der Waals surface area (Å²) in [5.74, 6) is -0.628. The highest BCUT2D eigenvalue weighted by Crippen LogP contribution is 2.47. The average Bonchev–Trinajstić information content (AvgIpc) is 3.35. The molecule has 0 radical (unpaired) electrons. The number of sulfonamides is 1. The van der Waals surface area contributed by atoms with Crippen LogP contribution < -0.4 is 5.32 Å². The fraction of sp³-hybridized carbons (Fsp3) is 0.611. The maximum atomic E-state index is 13.0. The molecule has 6 nitrogen and oxygen atoms in total. The third-order valence-corrected chi connectivity index (χ3v) is 6.67. The topological polar surface area (TPSA) is 75.7 Å². The molecule has 0 aromatic heterocycles. The summed E-state index contributed by atoms with van der Waals surface area (Å²) >= 11 is 0. The van der Waals surface area contributed by atoms with E-state index in [1.54, 1.807) is 12.1 Å². The molecule has 26 heavy (non-hydrogen) atoms. The fourth-order valence-electron chi connectivity index (χ4n) is 3.48. The minimum absolute atomic E-state index is 0.0909. The van der Waals surface area contributed by atoms with Gasteiger partial charge >= 0.3 is 0 Å². The fourth-order valence-corrected chi connectivity index (χ4v) is 4.98. The molecule has 1 N–H and O–H groups in total. The summed E-state index contributed by atoms with van der Waals surface area (Å²) in [6.45, 7) is 4.48. The summed E-state index contributed by atoms with van der Waals surface area (Å²) in [5.41, 5.74) is 0.940. The van der Waals surface area contributed by atoms with Gasteiger partial charge in [-0.3, -0.25) is 4.79 Å². The molecule has 1 heterocycles. The van der Waals surface area contributed by atoms with E-state index in [0.717, 1.165) is 5.56 Å². The maximum Gasteiger partial charge on any atom is 0.223 e. The monoisotopic (exact) mass is 384 g/mol. The van der Waals surface area contributed by atoms with Crippen LogP contribution in [0.1, 0.15) is 31.7 Å². The number of ether oxygens (including phenoxy) is 1. The van der Waals surface area contributed by atoms with Crippen LogP contribution in [0.2, 0.25) is 0 Å². The van der Waals surface area contributed by atoms with E-state index in [9.17, 15) is 17.6 Å². The van der Waals surface area contributed by atoms with Crippen molar-refractivity contribution in [3.05, 3.63) is 35.6 Å². The van der Waals surface area contributed by atoms with Crippen molar-refractivity contribution in [1.29, 1.82) is 0 Å². The van der Waals surface area contributed by atoms with Crippen LogP contribution in [0.5, 0.6) is 0 Å². The quantitative estimate of drug-likeness (QED) is 0.806. The molecule has 1 saturated heterocycles. The number of hydrogen-bond acceptors (Lipinski definition) is 4. The first-order valence-corrected chi connectivity index (χ1v) is 10.5. The Morgan fingerprint density at radius 3 is 2.46 bits per heavy atom. The summed E-state index contributed by atoms with van der Waals surface area (Å²) in [6, 6.07) is 6.16. The molecule has 1 aliphatic heterocycles. The maximum absolute atomic E-state index is 13.0. The van der Waals surface area contributed by atoms with Crippen LogP contribution in [0.4, 0.5) is 4.39 Å². The Kier molecular flexibility index (Phi) is 5.64. The predicted octanol–water partition coefficient (Wildman–Crippen LogP) is 1.48. The Hall–Kier alpha value is -1.51. The zero-order chi connectivity index (χ0) is 18.9. The van der Waals surface area contributed by atoms with Gasteiger partial charge in [-0.05, 0) is 43.9 Å². The number of nitrogens with one attached hydrogen (secondary N) is 1. The zero-order valence-corrected chi connectivity index (χ0v) is 15.8. The molecule has 1 aromatic rings. The number of carbonyl (C=O) groups is 1. The van der Waals surface area contributed by atoms with Crippen molar-refractivity contribution < 1.29 is 22.3 Å². The predicted molar refractivity (Wildman–Crippen MR) is 95.6 cm³/mol. The van der Waals surface area contributed by atoms with Gasteiger partial charge in [0.2, 0.25) is 15.9 Å². The Morgan fingerprint density at radius 1 is 1.23 bits per heavy atom. The summed E-state index contributed by atoms with van der Waals surface area (Å²) < 4.78 is 44.8. The lowest BCUT2D eigenvalue weighted by Gasteiger charge is -2.34. The number of benzene rings is 1. The van der Waals surface area contributed by atoms with Gasteiger partial charge in [-0.1, -0.05) is 12.1 Å². The second kappa shape index (κ2) is 7.62. The molecule has 8 heteroatoms. The van der Waals surface area contributed by atoms with Gasteiger partial charge in [-0.2, -0.15) is 4.31 Å². The molecule has 0 bridgehead atoms. The minimum atomic E-state index is -3.42. The van der Waals surface area contributed by atoms with E-state index in [4.69, 9.17) is 4.74 Å². The Balaban J connectivity index is 1.46. The van der Waals surface area contributed by atoms with Crippen molar-refractivity contribution in [3.63, 3.8) is 0 Å². The van der Waals surface area contributed by atoms with Crippen LogP contribution in [0, 0.1) is 11.7 Å². The third-order valence-electron chi connectivity index (χ3n) is 4.86. The molecular weight excluding hydrogens is 359 g/mol. The number of carbonyl (C=O) groups excluding carboxylic acids is 1. The summed E-state index contributed by atoms with van der Waals surface area (Å²) in [4.78, 5) is 12.2. The lowest BCUT2D eigenvalue weighted by atomic mass is 10.1. The van der Waals surface area contributed by atoms with E-state index in [1.807, 2.05) is 13.8 Å². The van der Waals surface area contributed by atoms with E-state index in [0.29, 0.717) is 19.5 Å². The summed E-state index contributed by atoms with van der Waals surface area (Å²) in [6.07, 6.45) is 0.444. The van der Waals surface area contributed by atoms with Crippen molar-refractivity contribution in [2.75, 3.05) is 25.4 Å². The molecule has 1 aromatic carbocycles. The number of morpholine rings is 1. The van der Waals surface area contributed by atoms with Gasteiger partial charge in [-0.15, -0.1) is 0 Å². The lowest BCUT2D eigenvalue weighted by Crippen LogP contribution is -2.49.